The zero-order valence-corrected chi connectivity index (χ0v) is 13.4. The maximum Gasteiger partial charge on any atom is 0.136 e. The summed E-state index contributed by atoms with van der Waals surface area (Å²) in [6, 6.07) is 8.25. The molecule has 1 unspecified atom stereocenters. The molecule has 3 aromatic rings. The number of aromatic nitrogens is 3. The first-order chi connectivity index (χ1) is 11.4. The molecule has 1 aromatic carbocycles. The Labute approximate surface area is 135 Å². The molecule has 0 N–H and O–H groups in total. The Kier molecular flexibility index (Phi) is 3.97. The van der Waals surface area contributed by atoms with E-state index in [1.54, 1.807) is 0 Å². The molecule has 0 amide bonds. The first-order valence-corrected chi connectivity index (χ1v) is 8.25. The van der Waals surface area contributed by atoms with Gasteiger partial charge in [-0.05, 0) is 19.4 Å². The molecule has 1 aliphatic rings. The standard InChI is InChI=1S/C18H21N3O2/c1-2-22-12-17-20-16-9-19-15-6-4-3-5-14(15)18(16)21(17)10-13-7-8-23-11-13/h3-6,9,13H,2,7-8,10-12H2,1H3. The van der Waals surface area contributed by atoms with E-state index in [1.807, 2.05) is 25.3 Å². The van der Waals surface area contributed by atoms with Crippen molar-refractivity contribution in [3.63, 3.8) is 0 Å². The minimum Gasteiger partial charge on any atom is -0.381 e. The van der Waals surface area contributed by atoms with E-state index in [4.69, 9.17) is 14.5 Å². The number of para-hydroxylation sites is 1. The van der Waals surface area contributed by atoms with Gasteiger partial charge in [-0.3, -0.25) is 4.98 Å². The topological polar surface area (TPSA) is 49.2 Å². The van der Waals surface area contributed by atoms with Gasteiger partial charge in [-0.25, -0.2) is 4.98 Å². The normalized spacial score (nSPS) is 18.2. The molecular formula is C18H21N3O2. The molecule has 120 valence electrons. The Bertz CT molecular complexity index is 822. The summed E-state index contributed by atoms with van der Waals surface area (Å²) in [5.74, 6) is 1.52. The monoisotopic (exact) mass is 311 g/mol. The summed E-state index contributed by atoms with van der Waals surface area (Å²) in [7, 11) is 0. The Morgan fingerprint density at radius 2 is 2.22 bits per heavy atom. The van der Waals surface area contributed by atoms with E-state index >= 15 is 0 Å². The van der Waals surface area contributed by atoms with Crippen molar-refractivity contribution in [3.05, 3.63) is 36.3 Å². The van der Waals surface area contributed by atoms with E-state index in [-0.39, 0.29) is 0 Å². The van der Waals surface area contributed by atoms with Crippen molar-refractivity contribution in [2.24, 2.45) is 5.92 Å². The Balaban J connectivity index is 1.87. The van der Waals surface area contributed by atoms with Crippen LogP contribution in [0.25, 0.3) is 21.9 Å². The quantitative estimate of drug-likeness (QED) is 0.726. The van der Waals surface area contributed by atoms with E-state index in [0.717, 1.165) is 53.9 Å². The predicted molar refractivity (Wildman–Crippen MR) is 89.3 cm³/mol. The molecule has 3 heterocycles. The van der Waals surface area contributed by atoms with E-state index in [9.17, 15) is 0 Å². The predicted octanol–water partition coefficient (Wildman–Crippen LogP) is 3.16. The van der Waals surface area contributed by atoms with Crippen LogP contribution < -0.4 is 0 Å². The molecule has 5 nitrogen and oxygen atoms in total. The van der Waals surface area contributed by atoms with Gasteiger partial charge in [-0.15, -0.1) is 0 Å². The number of nitrogens with zero attached hydrogens (tertiary/aromatic N) is 3. The van der Waals surface area contributed by atoms with Crippen molar-refractivity contribution in [1.29, 1.82) is 0 Å². The second kappa shape index (κ2) is 6.26. The van der Waals surface area contributed by atoms with E-state index in [0.29, 0.717) is 19.1 Å². The zero-order chi connectivity index (χ0) is 15.6. The number of fused-ring (bicyclic) bond motifs is 3. The highest BCUT2D eigenvalue weighted by Crippen LogP contribution is 2.27. The van der Waals surface area contributed by atoms with Gasteiger partial charge in [0.05, 0.1) is 23.8 Å². The minimum atomic E-state index is 0.535. The van der Waals surface area contributed by atoms with Crippen LogP contribution in [0.5, 0.6) is 0 Å². The Morgan fingerprint density at radius 1 is 1.30 bits per heavy atom. The Morgan fingerprint density at radius 3 is 3.04 bits per heavy atom. The SMILES string of the molecule is CCOCc1nc2cnc3ccccc3c2n1CC1CCOC1. The zero-order valence-electron chi connectivity index (χ0n) is 13.4. The largest absolute Gasteiger partial charge is 0.381 e. The molecule has 1 saturated heterocycles. The number of hydrogen-bond donors (Lipinski definition) is 0. The molecular weight excluding hydrogens is 290 g/mol. The number of imidazole rings is 1. The van der Waals surface area contributed by atoms with Gasteiger partial charge in [0.15, 0.2) is 0 Å². The number of ether oxygens (including phenoxy) is 2. The average Bonchev–Trinajstić information content (AvgIpc) is 3.21. The molecule has 0 spiro atoms. The first-order valence-electron chi connectivity index (χ1n) is 8.25. The van der Waals surface area contributed by atoms with Crippen molar-refractivity contribution in [2.45, 2.75) is 26.5 Å². The smallest absolute Gasteiger partial charge is 0.136 e. The van der Waals surface area contributed by atoms with Crippen LogP contribution in [-0.4, -0.2) is 34.4 Å². The van der Waals surface area contributed by atoms with Crippen LogP contribution in [0.4, 0.5) is 0 Å². The van der Waals surface area contributed by atoms with Crippen molar-refractivity contribution in [2.75, 3.05) is 19.8 Å². The van der Waals surface area contributed by atoms with Crippen LogP contribution in [0.1, 0.15) is 19.2 Å². The summed E-state index contributed by atoms with van der Waals surface area (Å²) in [6.45, 7) is 5.85. The lowest BCUT2D eigenvalue weighted by Gasteiger charge is -2.14. The molecule has 1 aliphatic heterocycles. The molecule has 0 radical (unpaired) electrons. The van der Waals surface area contributed by atoms with E-state index in [2.05, 4.69) is 21.7 Å². The van der Waals surface area contributed by atoms with Gasteiger partial charge >= 0.3 is 0 Å². The number of benzene rings is 1. The third-order valence-electron chi connectivity index (χ3n) is 4.46. The van der Waals surface area contributed by atoms with Crippen LogP contribution in [0, 0.1) is 5.92 Å². The summed E-state index contributed by atoms with van der Waals surface area (Å²) >= 11 is 0. The molecule has 0 aliphatic carbocycles. The van der Waals surface area contributed by atoms with Gasteiger partial charge in [-0.1, -0.05) is 18.2 Å². The molecule has 4 rings (SSSR count). The lowest BCUT2D eigenvalue weighted by molar-refractivity contribution is 0.124. The summed E-state index contributed by atoms with van der Waals surface area (Å²) < 4.78 is 13.5. The summed E-state index contributed by atoms with van der Waals surface area (Å²) in [6.07, 6.45) is 2.98. The summed E-state index contributed by atoms with van der Waals surface area (Å²) in [5, 5.41) is 1.15. The van der Waals surface area contributed by atoms with Gasteiger partial charge in [0.25, 0.3) is 0 Å². The maximum absolute atomic E-state index is 5.63. The lowest BCUT2D eigenvalue weighted by Crippen LogP contribution is -2.14. The second-order valence-electron chi connectivity index (χ2n) is 6.01. The van der Waals surface area contributed by atoms with Gasteiger partial charge in [-0.2, -0.15) is 0 Å². The molecule has 0 saturated carbocycles. The second-order valence-corrected chi connectivity index (χ2v) is 6.01. The fourth-order valence-electron chi connectivity index (χ4n) is 3.30. The molecule has 5 heteroatoms. The van der Waals surface area contributed by atoms with Crippen molar-refractivity contribution in [1.82, 2.24) is 14.5 Å². The molecule has 0 bridgehead atoms. The average molecular weight is 311 g/mol. The van der Waals surface area contributed by atoms with Gasteiger partial charge in [0, 0.05) is 31.1 Å². The van der Waals surface area contributed by atoms with Gasteiger partial charge in [0.2, 0.25) is 0 Å². The maximum atomic E-state index is 5.63. The Hall–Kier alpha value is -1.98. The van der Waals surface area contributed by atoms with Crippen LogP contribution >= 0.6 is 0 Å². The number of hydrogen-bond acceptors (Lipinski definition) is 4. The van der Waals surface area contributed by atoms with Crippen molar-refractivity contribution >= 4 is 21.9 Å². The molecule has 1 atom stereocenters. The first kappa shape index (κ1) is 14.6. The number of rotatable bonds is 5. The summed E-state index contributed by atoms with van der Waals surface area (Å²) in [4.78, 5) is 9.31. The fourth-order valence-corrected chi connectivity index (χ4v) is 3.30. The number of pyridine rings is 1. The highest BCUT2D eigenvalue weighted by atomic mass is 16.5. The van der Waals surface area contributed by atoms with Crippen LogP contribution in [-0.2, 0) is 22.6 Å². The third kappa shape index (κ3) is 2.71. The summed E-state index contributed by atoms with van der Waals surface area (Å²) in [5.41, 5.74) is 3.11. The molecule has 2 aromatic heterocycles. The molecule has 23 heavy (non-hydrogen) atoms. The molecule has 1 fully saturated rings. The van der Waals surface area contributed by atoms with Gasteiger partial charge < -0.3 is 14.0 Å². The van der Waals surface area contributed by atoms with Crippen LogP contribution in [0.3, 0.4) is 0 Å². The van der Waals surface area contributed by atoms with Gasteiger partial charge in [0.1, 0.15) is 17.9 Å². The van der Waals surface area contributed by atoms with Crippen LogP contribution in [0.2, 0.25) is 0 Å². The van der Waals surface area contributed by atoms with Crippen LogP contribution in [0.15, 0.2) is 30.5 Å². The minimum absolute atomic E-state index is 0.535. The van der Waals surface area contributed by atoms with Crippen molar-refractivity contribution < 1.29 is 9.47 Å². The van der Waals surface area contributed by atoms with E-state index < -0.39 is 0 Å². The third-order valence-corrected chi connectivity index (χ3v) is 4.46. The van der Waals surface area contributed by atoms with Crippen molar-refractivity contribution in [3.8, 4) is 0 Å². The lowest BCUT2D eigenvalue weighted by atomic mass is 10.1. The van der Waals surface area contributed by atoms with E-state index in [1.165, 1.54) is 0 Å². The highest BCUT2D eigenvalue weighted by molar-refractivity contribution is 6.02. The highest BCUT2D eigenvalue weighted by Gasteiger charge is 2.21. The fraction of sp³-hybridized carbons (Fsp3) is 0.444.